The third kappa shape index (κ3) is 2.82. The molecule has 1 aliphatic heterocycles. The standard InChI is InChI=1S/C15H18N4O2S/c1-8-9(2)22-15-12(8)14(21)18-11(19-15)5-7-17-13(20)10-4-3-6-16-10/h3-4,10,16H,5-7H2,1-2H3,(H,17,20)(H,18,19,21)/t10-/m0/s1. The predicted octanol–water partition coefficient (Wildman–Crippen LogP) is 0.788. The quantitative estimate of drug-likeness (QED) is 0.727. The highest BCUT2D eigenvalue weighted by Gasteiger charge is 2.17. The number of aromatic amines is 1. The minimum absolute atomic E-state index is 0.0556. The van der Waals surface area contributed by atoms with Gasteiger partial charge in [0.15, 0.2) is 0 Å². The van der Waals surface area contributed by atoms with E-state index in [2.05, 4.69) is 20.6 Å². The first kappa shape index (κ1) is 14.9. The van der Waals surface area contributed by atoms with Crippen molar-refractivity contribution in [2.24, 2.45) is 0 Å². The minimum atomic E-state index is -0.253. The first-order valence-corrected chi connectivity index (χ1v) is 8.04. The van der Waals surface area contributed by atoms with E-state index in [9.17, 15) is 9.59 Å². The highest BCUT2D eigenvalue weighted by Crippen LogP contribution is 2.25. The van der Waals surface area contributed by atoms with Crippen LogP contribution in [0.1, 0.15) is 16.3 Å². The summed E-state index contributed by atoms with van der Waals surface area (Å²) in [5.41, 5.74) is 0.890. The second-order valence-corrected chi connectivity index (χ2v) is 6.53. The van der Waals surface area contributed by atoms with Crippen molar-refractivity contribution in [3.8, 4) is 0 Å². The zero-order valence-electron chi connectivity index (χ0n) is 12.5. The molecule has 0 fully saturated rings. The van der Waals surface area contributed by atoms with Gasteiger partial charge in [-0.2, -0.15) is 0 Å². The summed E-state index contributed by atoms with van der Waals surface area (Å²) < 4.78 is 0. The van der Waals surface area contributed by atoms with Crippen LogP contribution in [0.15, 0.2) is 16.9 Å². The van der Waals surface area contributed by atoms with Crippen LogP contribution in [0.25, 0.3) is 10.2 Å². The number of fused-ring (bicyclic) bond motifs is 1. The molecule has 1 atom stereocenters. The van der Waals surface area contributed by atoms with Crippen molar-refractivity contribution in [2.45, 2.75) is 26.3 Å². The molecule has 0 radical (unpaired) electrons. The average Bonchev–Trinajstić information content (AvgIpc) is 3.08. The van der Waals surface area contributed by atoms with Crippen LogP contribution in [0.5, 0.6) is 0 Å². The summed E-state index contributed by atoms with van der Waals surface area (Å²) in [5, 5.41) is 6.57. The van der Waals surface area contributed by atoms with Gasteiger partial charge in [0.25, 0.3) is 5.56 Å². The molecule has 0 bridgehead atoms. The van der Waals surface area contributed by atoms with E-state index in [4.69, 9.17) is 0 Å². The fourth-order valence-corrected chi connectivity index (χ4v) is 3.53. The number of aryl methyl sites for hydroxylation is 2. The lowest BCUT2D eigenvalue weighted by Crippen LogP contribution is -2.41. The number of carbonyl (C=O) groups is 1. The second kappa shape index (κ2) is 6.02. The summed E-state index contributed by atoms with van der Waals surface area (Å²) in [5.74, 6) is 0.550. The highest BCUT2D eigenvalue weighted by molar-refractivity contribution is 7.18. The molecular weight excluding hydrogens is 300 g/mol. The number of amides is 1. The lowest BCUT2D eigenvalue weighted by atomic mass is 10.2. The molecule has 0 aliphatic carbocycles. The van der Waals surface area contributed by atoms with E-state index in [0.29, 0.717) is 24.2 Å². The molecule has 1 aliphatic rings. The van der Waals surface area contributed by atoms with E-state index in [-0.39, 0.29) is 17.5 Å². The van der Waals surface area contributed by atoms with Crippen molar-refractivity contribution in [3.05, 3.63) is 38.8 Å². The van der Waals surface area contributed by atoms with Crippen LogP contribution in [0.2, 0.25) is 0 Å². The number of hydrogen-bond donors (Lipinski definition) is 3. The van der Waals surface area contributed by atoms with Gasteiger partial charge in [0.05, 0.1) is 5.39 Å². The van der Waals surface area contributed by atoms with Crippen LogP contribution in [-0.4, -0.2) is 35.0 Å². The van der Waals surface area contributed by atoms with E-state index in [1.54, 1.807) is 0 Å². The Bertz CT molecular complexity index is 806. The van der Waals surface area contributed by atoms with E-state index < -0.39 is 0 Å². The normalized spacial score (nSPS) is 17.3. The van der Waals surface area contributed by atoms with E-state index >= 15 is 0 Å². The molecule has 2 aromatic heterocycles. The number of nitrogens with zero attached hydrogens (tertiary/aromatic N) is 1. The number of aromatic nitrogens is 2. The monoisotopic (exact) mass is 318 g/mol. The Kier molecular flexibility index (Phi) is 4.08. The Morgan fingerprint density at radius 3 is 3.05 bits per heavy atom. The molecule has 22 heavy (non-hydrogen) atoms. The van der Waals surface area contributed by atoms with Gasteiger partial charge >= 0.3 is 0 Å². The van der Waals surface area contributed by atoms with Crippen LogP contribution < -0.4 is 16.2 Å². The summed E-state index contributed by atoms with van der Waals surface area (Å²) in [6.07, 6.45) is 4.28. The Labute approximate surface area is 131 Å². The molecule has 3 heterocycles. The molecule has 3 rings (SSSR count). The number of H-pyrrole nitrogens is 1. The summed E-state index contributed by atoms with van der Waals surface area (Å²) in [7, 11) is 0. The molecule has 2 aromatic rings. The zero-order chi connectivity index (χ0) is 15.7. The summed E-state index contributed by atoms with van der Waals surface area (Å²) >= 11 is 1.53. The molecule has 1 amide bonds. The third-order valence-electron chi connectivity index (χ3n) is 3.82. The van der Waals surface area contributed by atoms with E-state index in [1.165, 1.54) is 11.3 Å². The van der Waals surface area contributed by atoms with Gasteiger partial charge in [-0.15, -0.1) is 11.3 Å². The predicted molar refractivity (Wildman–Crippen MR) is 87.4 cm³/mol. The van der Waals surface area contributed by atoms with Gasteiger partial charge in [-0.05, 0) is 19.4 Å². The second-order valence-electron chi connectivity index (χ2n) is 5.33. The first-order chi connectivity index (χ1) is 10.6. The first-order valence-electron chi connectivity index (χ1n) is 7.23. The molecule has 7 heteroatoms. The van der Waals surface area contributed by atoms with Crippen LogP contribution in [0.3, 0.4) is 0 Å². The third-order valence-corrected chi connectivity index (χ3v) is 4.92. The maximum Gasteiger partial charge on any atom is 0.259 e. The van der Waals surface area contributed by atoms with Gasteiger partial charge in [-0.3, -0.25) is 14.9 Å². The van der Waals surface area contributed by atoms with Gasteiger partial charge in [0.2, 0.25) is 5.91 Å². The van der Waals surface area contributed by atoms with Gasteiger partial charge in [0.1, 0.15) is 16.7 Å². The van der Waals surface area contributed by atoms with Gasteiger partial charge in [0, 0.05) is 24.4 Å². The molecule has 3 N–H and O–H groups in total. The highest BCUT2D eigenvalue weighted by atomic mass is 32.1. The average molecular weight is 318 g/mol. The van der Waals surface area contributed by atoms with Crippen LogP contribution in [0, 0.1) is 13.8 Å². The number of rotatable bonds is 4. The smallest absolute Gasteiger partial charge is 0.259 e. The summed E-state index contributed by atoms with van der Waals surface area (Å²) in [6.45, 7) is 5.10. The van der Waals surface area contributed by atoms with Crippen molar-refractivity contribution >= 4 is 27.5 Å². The zero-order valence-corrected chi connectivity index (χ0v) is 13.3. The van der Waals surface area contributed by atoms with Crippen LogP contribution in [-0.2, 0) is 11.2 Å². The van der Waals surface area contributed by atoms with Gasteiger partial charge in [-0.1, -0.05) is 12.2 Å². The fourth-order valence-electron chi connectivity index (χ4n) is 2.48. The van der Waals surface area contributed by atoms with Crippen LogP contribution >= 0.6 is 11.3 Å². The van der Waals surface area contributed by atoms with Crippen molar-refractivity contribution in [2.75, 3.05) is 13.1 Å². The molecule has 116 valence electrons. The SMILES string of the molecule is Cc1sc2nc(CCNC(=O)[C@@H]3C=CCN3)[nH]c(=O)c2c1C. The number of hydrogen-bond acceptors (Lipinski definition) is 5. The Morgan fingerprint density at radius 1 is 1.50 bits per heavy atom. The van der Waals surface area contributed by atoms with Crippen molar-refractivity contribution in [1.82, 2.24) is 20.6 Å². The molecule has 0 saturated heterocycles. The maximum atomic E-state index is 12.1. The fraction of sp³-hybridized carbons (Fsp3) is 0.400. The maximum absolute atomic E-state index is 12.1. The molecule has 0 aromatic carbocycles. The molecular formula is C15H18N4O2S. The minimum Gasteiger partial charge on any atom is -0.354 e. The number of carbonyl (C=O) groups excluding carboxylic acids is 1. The van der Waals surface area contributed by atoms with Crippen molar-refractivity contribution in [3.63, 3.8) is 0 Å². The van der Waals surface area contributed by atoms with Gasteiger partial charge < -0.3 is 10.3 Å². The van der Waals surface area contributed by atoms with Crippen molar-refractivity contribution in [1.29, 1.82) is 0 Å². The van der Waals surface area contributed by atoms with E-state index in [0.717, 1.165) is 21.8 Å². The number of nitrogens with one attached hydrogen (secondary N) is 3. The summed E-state index contributed by atoms with van der Waals surface area (Å²) in [4.78, 5) is 33.2. The van der Waals surface area contributed by atoms with E-state index in [1.807, 2.05) is 26.0 Å². The lowest BCUT2D eigenvalue weighted by molar-refractivity contribution is -0.121. The Hall–Kier alpha value is -1.99. The molecule has 0 spiro atoms. The molecule has 0 unspecified atom stereocenters. The topological polar surface area (TPSA) is 86.9 Å². The largest absolute Gasteiger partial charge is 0.354 e. The molecule has 6 nitrogen and oxygen atoms in total. The summed E-state index contributed by atoms with van der Waals surface area (Å²) in [6, 6.07) is -0.253. The van der Waals surface area contributed by atoms with Crippen LogP contribution in [0.4, 0.5) is 0 Å². The van der Waals surface area contributed by atoms with Crippen molar-refractivity contribution < 1.29 is 4.79 Å². The molecule has 0 saturated carbocycles. The lowest BCUT2D eigenvalue weighted by Gasteiger charge is -2.09. The van der Waals surface area contributed by atoms with Gasteiger partial charge in [-0.25, -0.2) is 4.98 Å². The Balaban J connectivity index is 1.68. The number of thiophene rings is 1. The Morgan fingerprint density at radius 2 is 2.32 bits per heavy atom.